The number of amides is 1. The van der Waals surface area contributed by atoms with E-state index in [1.54, 1.807) is 0 Å². The van der Waals surface area contributed by atoms with E-state index in [1.807, 2.05) is 54.3 Å². The molecule has 0 radical (unpaired) electrons. The summed E-state index contributed by atoms with van der Waals surface area (Å²) in [7, 11) is 0. The molecule has 1 fully saturated rings. The lowest BCUT2D eigenvalue weighted by Gasteiger charge is -2.31. The van der Waals surface area contributed by atoms with Crippen molar-refractivity contribution in [1.82, 2.24) is 4.90 Å². The summed E-state index contributed by atoms with van der Waals surface area (Å²) in [6, 6.07) is 14.1. The van der Waals surface area contributed by atoms with E-state index in [2.05, 4.69) is 4.90 Å². The Morgan fingerprint density at radius 1 is 1.12 bits per heavy atom. The van der Waals surface area contributed by atoms with Gasteiger partial charge in [0.15, 0.2) is 0 Å². The third kappa shape index (κ3) is 3.82. The Morgan fingerprint density at radius 3 is 2.48 bits per heavy atom. The predicted octanol–water partition coefficient (Wildman–Crippen LogP) is 2.99. The molecule has 3 rings (SSSR count). The minimum Gasteiger partial charge on any atom is -0.481 e. The van der Waals surface area contributed by atoms with Crippen LogP contribution in [0, 0.1) is 5.92 Å². The first kappa shape index (κ1) is 17.4. The van der Waals surface area contributed by atoms with Crippen molar-refractivity contribution in [3.63, 3.8) is 0 Å². The Balaban J connectivity index is 1.73. The van der Waals surface area contributed by atoms with Gasteiger partial charge in [0.2, 0.25) is 5.91 Å². The normalized spacial score (nSPS) is 16.0. The van der Waals surface area contributed by atoms with Crippen LogP contribution in [0.3, 0.4) is 0 Å². The second-order valence-electron chi connectivity index (χ2n) is 6.52. The van der Waals surface area contributed by atoms with Gasteiger partial charge in [0.25, 0.3) is 0 Å². The van der Waals surface area contributed by atoms with Crippen LogP contribution in [0.1, 0.15) is 19.8 Å². The number of hydrogen-bond acceptors (Lipinski definition) is 3. The summed E-state index contributed by atoms with van der Waals surface area (Å²) in [5.41, 5.74) is 0.936. The molecule has 1 amide bonds. The molecule has 1 aliphatic heterocycles. The number of benzene rings is 2. The number of anilines is 1. The van der Waals surface area contributed by atoms with Gasteiger partial charge in [-0.15, -0.1) is 0 Å². The molecule has 1 N–H and O–H groups in total. The number of rotatable bonds is 5. The fourth-order valence-corrected chi connectivity index (χ4v) is 3.54. The molecule has 1 saturated heterocycles. The van der Waals surface area contributed by atoms with Gasteiger partial charge in [-0.05, 0) is 44.3 Å². The average Bonchev–Trinajstić information content (AvgIpc) is 2.63. The maximum absolute atomic E-state index is 12.9. The Labute approximate surface area is 147 Å². The van der Waals surface area contributed by atoms with Crippen molar-refractivity contribution < 1.29 is 14.7 Å². The fourth-order valence-electron chi connectivity index (χ4n) is 3.54. The number of aliphatic carboxylic acids is 1. The van der Waals surface area contributed by atoms with Crippen molar-refractivity contribution in [2.75, 3.05) is 31.1 Å². The number of fused-ring (bicyclic) bond motifs is 1. The van der Waals surface area contributed by atoms with Gasteiger partial charge in [0, 0.05) is 11.9 Å². The number of carbonyl (C=O) groups excluding carboxylic acids is 1. The molecule has 2 aromatic carbocycles. The summed E-state index contributed by atoms with van der Waals surface area (Å²) >= 11 is 0. The first-order valence-electron chi connectivity index (χ1n) is 8.83. The molecular formula is C20H24N2O3. The minimum atomic E-state index is -0.725. The van der Waals surface area contributed by atoms with Gasteiger partial charge >= 0.3 is 5.97 Å². The number of carboxylic acids is 1. The van der Waals surface area contributed by atoms with Gasteiger partial charge in [-0.25, -0.2) is 0 Å². The minimum absolute atomic E-state index is 0.0626. The maximum Gasteiger partial charge on any atom is 0.306 e. The van der Waals surface area contributed by atoms with E-state index in [1.165, 1.54) is 0 Å². The Bertz CT molecular complexity index is 761. The summed E-state index contributed by atoms with van der Waals surface area (Å²) in [6.45, 7) is 4.25. The molecule has 25 heavy (non-hydrogen) atoms. The van der Waals surface area contributed by atoms with Crippen LogP contribution in [0.5, 0.6) is 0 Å². The lowest BCUT2D eigenvalue weighted by Crippen LogP contribution is -2.44. The van der Waals surface area contributed by atoms with Crippen LogP contribution < -0.4 is 4.90 Å². The predicted molar refractivity (Wildman–Crippen MR) is 98.8 cm³/mol. The molecule has 0 saturated carbocycles. The third-order valence-corrected chi connectivity index (χ3v) is 4.97. The lowest BCUT2D eigenvalue weighted by molar-refractivity contribution is -0.143. The molecule has 5 nitrogen and oxygen atoms in total. The number of likely N-dealkylation sites (N-methyl/N-ethyl adjacent to an activating group) is 1. The summed E-state index contributed by atoms with van der Waals surface area (Å²) in [5.74, 6) is -0.934. The van der Waals surface area contributed by atoms with E-state index in [0.29, 0.717) is 39.0 Å². The summed E-state index contributed by atoms with van der Waals surface area (Å²) in [5, 5.41) is 11.3. The molecule has 5 heteroatoms. The SMILES string of the molecule is CCN(C(=O)CN1CCC(C(=O)O)CC1)c1cccc2ccccc12. The van der Waals surface area contributed by atoms with Crippen LogP contribution in [-0.4, -0.2) is 48.1 Å². The van der Waals surface area contributed by atoms with E-state index in [9.17, 15) is 9.59 Å². The van der Waals surface area contributed by atoms with Gasteiger partial charge in [-0.3, -0.25) is 14.5 Å². The smallest absolute Gasteiger partial charge is 0.306 e. The molecule has 0 aromatic heterocycles. The van der Waals surface area contributed by atoms with Crippen LogP contribution in [-0.2, 0) is 9.59 Å². The standard InChI is InChI=1S/C20H24N2O3/c1-2-22(18-9-5-7-15-6-3-4-8-17(15)18)19(23)14-21-12-10-16(11-13-21)20(24)25/h3-9,16H,2,10-14H2,1H3,(H,24,25). The highest BCUT2D eigenvalue weighted by Gasteiger charge is 2.27. The van der Waals surface area contributed by atoms with Crippen molar-refractivity contribution in [2.45, 2.75) is 19.8 Å². The molecule has 1 aliphatic rings. The zero-order chi connectivity index (χ0) is 17.8. The van der Waals surface area contributed by atoms with Gasteiger partial charge in [-0.2, -0.15) is 0 Å². The van der Waals surface area contributed by atoms with Crippen LogP contribution >= 0.6 is 0 Å². The van der Waals surface area contributed by atoms with Gasteiger partial charge < -0.3 is 10.0 Å². The Kier molecular flexibility index (Phi) is 5.34. The fraction of sp³-hybridized carbons (Fsp3) is 0.400. The number of carboxylic acid groups (broad SMARTS) is 1. The highest BCUT2D eigenvalue weighted by atomic mass is 16.4. The van der Waals surface area contributed by atoms with Gasteiger partial charge in [0.1, 0.15) is 0 Å². The number of nitrogens with zero attached hydrogens (tertiary/aromatic N) is 2. The van der Waals surface area contributed by atoms with Crippen LogP contribution in [0.25, 0.3) is 10.8 Å². The van der Waals surface area contributed by atoms with E-state index in [-0.39, 0.29) is 11.8 Å². The van der Waals surface area contributed by atoms with Crippen molar-refractivity contribution in [3.8, 4) is 0 Å². The molecule has 132 valence electrons. The Hall–Kier alpha value is -2.40. The third-order valence-electron chi connectivity index (χ3n) is 4.97. The molecule has 1 heterocycles. The molecule has 0 aliphatic carbocycles. The molecule has 0 atom stereocenters. The number of likely N-dealkylation sites (tertiary alicyclic amines) is 1. The highest BCUT2D eigenvalue weighted by molar-refractivity contribution is 6.04. The second kappa shape index (κ2) is 7.66. The topological polar surface area (TPSA) is 60.9 Å². The lowest BCUT2D eigenvalue weighted by atomic mass is 9.97. The van der Waals surface area contributed by atoms with Crippen molar-refractivity contribution in [3.05, 3.63) is 42.5 Å². The second-order valence-corrected chi connectivity index (χ2v) is 6.52. The number of carbonyl (C=O) groups is 2. The highest BCUT2D eigenvalue weighted by Crippen LogP contribution is 2.27. The van der Waals surface area contributed by atoms with Crippen molar-refractivity contribution in [2.24, 2.45) is 5.92 Å². The van der Waals surface area contributed by atoms with Gasteiger partial charge in [-0.1, -0.05) is 36.4 Å². The van der Waals surface area contributed by atoms with Crippen LogP contribution in [0.2, 0.25) is 0 Å². The molecular weight excluding hydrogens is 316 g/mol. The van der Waals surface area contributed by atoms with E-state index >= 15 is 0 Å². The number of hydrogen-bond donors (Lipinski definition) is 1. The van der Waals surface area contributed by atoms with Gasteiger partial charge in [0.05, 0.1) is 18.2 Å². The molecule has 2 aromatic rings. The van der Waals surface area contributed by atoms with E-state index in [0.717, 1.165) is 16.5 Å². The van der Waals surface area contributed by atoms with Crippen LogP contribution in [0.4, 0.5) is 5.69 Å². The van der Waals surface area contributed by atoms with Crippen molar-refractivity contribution >= 4 is 28.3 Å². The van der Waals surface area contributed by atoms with Crippen LogP contribution in [0.15, 0.2) is 42.5 Å². The maximum atomic E-state index is 12.9. The zero-order valence-corrected chi connectivity index (χ0v) is 14.5. The van der Waals surface area contributed by atoms with E-state index < -0.39 is 5.97 Å². The van der Waals surface area contributed by atoms with E-state index in [4.69, 9.17) is 5.11 Å². The molecule has 0 bridgehead atoms. The first-order chi connectivity index (χ1) is 12.1. The molecule has 0 spiro atoms. The van der Waals surface area contributed by atoms with Crippen molar-refractivity contribution in [1.29, 1.82) is 0 Å². The summed E-state index contributed by atoms with van der Waals surface area (Å²) in [6.07, 6.45) is 1.23. The number of piperidine rings is 1. The molecule has 0 unspecified atom stereocenters. The largest absolute Gasteiger partial charge is 0.481 e. The quantitative estimate of drug-likeness (QED) is 0.909. The first-order valence-corrected chi connectivity index (χ1v) is 8.83. The summed E-state index contributed by atoms with van der Waals surface area (Å²) < 4.78 is 0. The average molecular weight is 340 g/mol. The zero-order valence-electron chi connectivity index (χ0n) is 14.5. The summed E-state index contributed by atoms with van der Waals surface area (Å²) in [4.78, 5) is 27.8. The Morgan fingerprint density at radius 2 is 1.80 bits per heavy atom. The monoisotopic (exact) mass is 340 g/mol.